The maximum atomic E-state index is 13.1. The molecule has 2 N–H and O–H groups in total. The lowest BCUT2D eigenvalue weighted by Crippen LogP contribution is -2.37. The molecule has 8 nitrogen and oxygen atoms in total. The first-order valence-corrected chi connectivity index (χ1v) is 11.4. The zero-order valence-corrected chi connectivity index (χ0v) is 19.2. The third-order valence-corrected chi connectivity index (χ3v) is 6.05. The van der Waals surface area contributed by atoms with E-state index in [4.69, 9.17) is 9.40 Å². The Morgan fingerprint density at radius 3 is 2.53 bits per heavy atom. The van der Waals surface area contributed by atoms with Gasteiger partial charge in [-0.05, 0) is 52.7 Å². The highest BCUT2D eigenvalue weighted by Crippen LogP contribution is 2.30. The summed E-state index contributed by atoms with van der Waals surface area (Å²) in [7, 11) is 0. The molecule has 2 amide bonds. The average Bonchev–Trinajstić information content (AvgIpc) is 3.49. The second-order valence-electron chi connectivity index (χ2n) is 8.83. The fourth-order valence-corrected chi connectivity index (χ4v) is 4.40. The summed E-state index contributed by atoms with van der Waals surface area (Å²) >= 11 is 0. The van der Waals surface area contributed by atoms with E-state index in [0.29, 0.717) is 35.4 Å². The first kappa shape index (κ1) is 22.0. The summed E-state index contributed by atoms with van der Waals surface area (Å²) in [6.07, 6.45) is 5.85. The second-order valence-corrected chi connectivity index (χ2v) is 8.83. The monoisotopic (exact) mass is 437 g/mol. The first-order valence-electron chi connectivity index (χ1n) is 11.4. The Kier molecular flexibility index (Phi) is 6.30. The number of nitrogens with one attached hydrogen (secondary N) is 2. The van der Waals surface area contributed by atoms with E-state index >= 15 is 0 Å². The number of carbonyl (C=O) groups is 2. The zero-order valence-electron chi connectivity index (χ0n) is 19.2. The van der Waals surface area contributed by atoms with Crippen LogP contribution in [0.1, 0.15) is 67.5 Å². The number of rotatable bonds is 7. The van der Waals surface area contributed by atoms with Gasteiger partial charge in [-0.15, -0.1) is 0 Å². The molecule has 0 spiro atoms. The van der Waals surface area contributed by atoms with Gasteiger partial charge in [0.05, 0.1) is 22.8 Å². The van der Waals surface area contributed by atoms with E-state index in [1.54, 1.807) is 12.3 Å². The molecular weight excluding hydrogens is 406 g/mol. The molecule has 1 fully saturated rings. The Morgan fingerprint density at radius 1 is 1.16 bits per heavy atom. The van der Waals surface area contributed by atoms with Gasteiger partial charge in [-0.1, -0.05) is 12.8 Å². The predicted molar refractivity (Wildman–Crippen MR) is 122 cm³/mol. The Labute approximate surface area is 187 Å². The quantitative estimate of drug-likeness (QED) is 0.546. The minimum atomic E-state index is -0.213. The van der Waals surface area contributed by atoms with Gasteiger partial charge in [0.2, 0.25) is 5.91 Å². The molecule has 1 aliphatic carbocycles. The lowest BCUT2D eigenvalue weighted by atomic mass is 10.1. The highest BCUT2D eigenvalue weighted by Gasteiger charge is 2.23. The number of hydrogen-bond acceptors (Lipinski definition) is 5. The van der Waals surface area contributed by atoms with Crippen molar-refractivity contribution in [2.24, 2.45) is 5.92 Å². The lowest BCUT2D eigenvalue weighted by molar-refractivity contribution is -0.124. The van der Waals surface area contributed by atoms with E-state index < -0.39 is 0 Å². The van der Waals surface area contributed by atoms with E-state index in [1.807, 2.05) is 38.4 Å². The van der Waals surface area contributed by atoms with Gasteiger partial charge in [0.15, 0.2) is 5.65 Å². The molecule has 0 radical (unpaired) electrons. The minimum Gasteiger partial charge on any atom is -0.466 e. The van der Waals surface area contributed by atoms with E-state index in [2.05, 4.69) is 15.7 Å². The standard InChI is InChI=1S/C24H31N5O3/c1-14(2)29-22-20(13-27-29)19(12-21(28-22)18-11-15(3)32-16(18)4)24(31)26-10-9-25-23(30)17-7-5-6-8-17/h11-14,17H,5-10H2,1-4H3,(H,25,30)(H,26,31). The molecule has 1 saturated carbocycles. The molecule has 0 atom stereocenters. The Balaban J connectivity index is 1.55. The Morgan fingerprint density at radius 2 is 1.88 bits per heavy atom. The molecule has 170 valence electrons. The van der Waals surface area contributed by atoms with Gasteiger partial charge in [0.1, 0.15) is 11.5 Å². The summed E-state index contributed by atoms with van der Waals surface area (Å²) in [5.41, 5.74) is 2.71. The molecular formula is C24H31N5O3. The summed E-state index contributed by atoms with van der Waals surface area (Å²) in [4.78, 5) is 30.1. The van der Waals surface area contributed by atoms with Crippen molar-refractivity contribution in [2.45, 2.75) is 59.4 Å². The molecule has 0 saturated heterocycles. The van der Waals surface area contributed by atoms with Crippen LogP contribution < -0.4 is 10.6 Å². The number of pyridine rings is 1. The van der Waals surface area contributed by atoms with Crippen LogP contribution in [0.2, 0.25) is 0 Å². The second kappa shape index (κ2) is 9.14. The molecule has 3 aromatic heterocycles. The van der Waals surface area contributed by atoms with Gasteiger partial charge < -0.3 is 15.1 Å². The van der Waals surface area contributed by atoms with Crippen LogP contribution in [0.5, 0.6) is 0 Å². The molecule has 8 heteroatoms. The van der Waals surface area contributed by atoms with E-state index in [-0.39, 0.29) is 23.8 Å². The molecule has 1 aliphatic rings. The largest absolute Gasteiger partial charge is 0.466 e. The number of aromatic nitrogens is 3. The fourth-order valence-electron chi connectivity index (χ4n) is 4.40. The Hall–Kier alpha value is -3.16. The van der Waals surface area contributed by atoms with Gasteiger partial charge in [-0.25, -0.2) is 9.67 Å². The molecule has 0 aliphatic heterocycles. The number of fused-ring (bicyclic) bond motifs is 1. The maximum Gasteiger partial charge on any atom is 0.252 e. The zero-order chi connectivity index (χ0) is 22.8. The molecule has 3 aromatic rings. The smallest absolute Gasteiger partial charge is 0.252 e. The molecule has 32 heavy (non-hydrogen) atoms. The number of amides is 2. The summed E-state index contributed by atoms with van der Waals surface area (Å²) in [6, 6.07) is 3.82. The SMILES string of the molecule is Cc1cc(-c2cc(C(=O)NCCNC(=O)C3CCCC3)c3cnn(C(C)C)c3n2)c(C)o1. The van der Waals surface area contributed by atoms with Crippen LogP contribution in [-0.4, -0.2) is 39.7 Å². The van der Waals surface area contributed by atoms with Crippen molar-refractivity contribution in [3.05, 3.63) is 35.4 Å². The summed E-state index contributed by atoms with van der Waals surface area (Å²) in [6.45, 7) is 8.61. The molecule has 0 bridgehead atoms. The van der Waals surface area contributed by atoms with E-state index in [1.165, 1.54) is 0 Å². The van der Waals surface area contributed by atoms with Gasteiger partial charge >= 0.3 is 0 Å². The lowest BCUT2D eigenvalue weighted by Gasteiger charge is -2.12. The highest BCUT2D eigenvalue weighted by molar-refractivity contribution is 6.06. The van der Waals surface area contributed by atoms with Crippen molar-refractivity contribution in [3.8, 4) is 11.3 Å². The summed E-state index contributed by atoms with van der Waals surface area (Å²) < 4.78 is 7.50. The maximum absolute atomic E-state index is 13.1. The van der Waals surface area contributed by atoms with Crippen molar-refractivity contribution in [1.29, 1.82) is 0 Å². The van der Waals surface area contributed by atoms with Gasteiger partial charge in [-0.3, -0.25) is 9.59 Å². The predicted octanol–water partition coefficient (Wildman–Crippen LogP) is 3.93. The first-order chi connectivity index (χ1) is 15.3. The number of aryl methyl sites for hydroxylation is 2. The normalized spacial score (nSPS) is 14.4. The van der Waals surface area contributed by atoms with Crippen LogP contribution in [0.3, 0.4) is 0 Å². The fraction of sp³-hybridized carbons (Fsp3) is 0.500. The van der Waals surface area contributed by atoms with Crippen molar-refractivity contribution < 1.29 is 14.0 Å². The van der Waals surface area contributed by atoms with Crippen molar-refractivity contribution in [2.75, 3.05) is 13.1 Å². The highest BCUT2D eigenvalue weighted by atomic mass is 16.3. The van der Waals surface area contributed by atoms with Crippen molar-refractivity contribution in [1.82, 2.24) is 25.4 Å². The number of carbonyl (C=O) groups excluding carboxylic acids is 2. The minimum absolute atomic E-state index is 0.0920. The van der Waals surface area contributed by atoms with Gasteiger partial charge in [-0.2, -0.15) is 5.10 Å². The van der Waals surface area contributed by atoms with Crippen LogP contribution in [0.15, 0.2) is 22.7 Å². The summed E-state index contributed by atoms with van der Waals surface area (Å²) in [5.74, 6) is 1.55. The molecule has 4 rings (SSSR count). The number of hydrogen-bond donors (Lipinski definition) is 2. The van der Waals surface area contributed by atoms with Crippen LogP contribution in [0, 0.1) is 19.8 Å². The van der Waals surface area contributed by atoms with E-state index in [0.717, 1.165) is 42.8 Å². The number of nitrogens with zero attached hydrogens (tertiary/aromatic N) is 3. The van der Waals surface area contributed by atoms with Crippen molar-refractivity contribution >= 4 is 22.8 Å². The molecule has 3 heterocycles. The third kappa shape index (κ3) is 4.40. The average molecular weight is 438 g/mol. The van der Waals surface area contributed by atoms with Crippen LogP contribution >= 0.6 is 0 Å². The summed E-state index contributed by atoms with van der Waals surface area (Å²) in [5, 5.41) is 11.0. The van der Waals surface area contributed by atoms with E-state index in [9.17, 15) is 9.59 Å². The van der Waals surface area contributed by atoms with Gasteiger partial charge in [0.25, 0.3) is 5.91 Å². The molecule has 0 unspecified atom stereocenters. The van der Waals surface area contributed by atoms with Crippen LogP contribution in [0.25, 0.3) is 22.3 Å². The van der Waals surface area contributed by atoms with Crippen molar-refractivity contribution in [3.63, 3.8) is 0 Å². The third-order valence-electron chi connectivity index (χ3n) is 6.05. The molecule has 0 aromatic carbocycles. The van der Waals surface area contributed by atoms with Gasteiger partial charge in [0, 0.05) is 30.6 Å². The topological polar surface area (TPSA) is 102 Å². The Bertz CT molecular complexity index is 1140. The number of furan rings is 1. The van der Waals surface area contributed by atoms with Crippen LogP contribution in [-0.2, 0) is 4.79 Å². The van der Waals surface area contributed by atoms with Crippen LogP contribution in [0.4, 0.5) is 0 Å².